The molecule has 4 heteroatoms. The first kappa shape index (κ1) is 14.6. The first-order chi connectivity index (χ1) is 12.1. The van der Waals surface area contributed by atoms with E-state index in [9.17, 15) is 4.79 Å². The Balaban J connectivity index is 1.64. The fourth-order valence-electron chi connectivity index (χ4n) is 8.19. The molecule has 7 atom stereocenters. The van der Waals surface area contributed by atoms with Gasteiger partial charge in [-0.25, -0.2) is 0 Å². The van der Waals surface area contributed by atoms with Gasteiger partial charge in [0.2, 0.25) is 0 Å². The Morgan fingerprint density at radius 2 is 2.20 bits per heavy atom. The summed E-state index contributed by atoms with van der Waals surface area (Å²) in [5.74, 6) is 1.28. The quantitative estimate of drug-likeness (QED) is 0.800. The van der Waals surface area contributed by atoms with Crippen molar-refractivity contribution in [3.8, 4) is 0 Å². The maximum absolute atomic E-state index is 12.8. The van der Waals surface area contributed by atoms with Crippen molar-refractivity contribution in [2.75, 3.05) is 25.5 Å². The third-order valence-corrected chi connectivity index (χ3v) is 8.73. The van der Waals surface area contributed by atoms with Crippen molar-refractivity contribution in [3.63, 3.8) is 0 Å². The second kappa shape index (κ2) is 4.40. The number of nitrogens with one attached hydrogen (secondary N) is 1. The number of carbonyl (C=O) groups is 1. The third-order valence-electron chi connectivity index (χ3n) is 8.73. The van der Waals surface area contributed by atoms with Gasteiger partial charge in [0.05, 0.1) is 19.1 Å². The molecule has 0 unspecified atom stereocenters. The molecule has 0 aromatic heterocycles. The zero-order chi connectivity index (χ0) is 17.0. The number of benzene rings is 1. The van der Waals surface area contributed by atoms with Crippen LogP contribution in [-0.4, -0.2) is 43.2 Å². The minimum Gasteiger partial charge on any atom is -0.469 e. The number of fused-ring (bicyclic) bond motifs is 1. The van der Waals surface area contributed by atoms with Gasteiger partial charge in [-0.3, -0.25) is 9.69 Å². The minimum absolute atomic E-state index is 0.0145. The van der Waals surface area contributed by atoms with Crippen LogP contribution in [0.2, 0.25) is 0 Å². The highest BCUT2D eigenvalue weighted by Gasteiger charge is 2.80. The fraction of sp³-hybridized carbons (Fsp3) is 0.667. The number of rotatable bonds is 1. The van der Waals surface area contributed by atoms with Crippen molar-refractivity contribution in [1.29, 1.82) is 0 Å². The Morgan fingerprint density at radius 3 is 3.04 bits per heavy atom. The molecule has 0 amide bonds. The largest absolute Gasteiger partial charge is 0.469 e. The third kappa shape index (κ3) is 1.35. The topological polar surface area (TPSA) is 41.6 Å². The van der Waals surface area contributed by atoms with Crippen LogP contribution in [0.25, 0.3) is 0 Å². The van der Waals surface area contributed by atoms with E-state index in [0.29, 0.717) is 17.9 Å². The van der Waals surface area contributed by atoms with Crippen molar-refractivity contribution in [3.05, 3.63) is 29.8 Å². The minimum atomic E-state index is -0.0286. The maximum atomic E-state index is 12.8. The van der Waals surface area contributed by atoms with Gasteiger partial charge in [0.15, 0.2) is 0 Å². The summed E-state index contributed by atoms with van der Waals surface area (Å²) >= 11 is 0. The van der Waals surface area contributed by atoms with Crippen LogP contribution >= 0.6 is 0 Å². The maximum Gasteiger partial charge on any atom is 0.310 e. The number of carbonyl (C=O) groups excluding carboxylic acids is 1. The molecule has 1 spiro atoms. The number of ether oxygens (including phenoxy) is 1. The number of para-hydroxylation sites is 1. The first-order valence-corrected chi connectivity index (χ1v) is 9.82. The predicted molar refractivity (Wildman–Crippen MR) is 95.3 cm³/mol. The van der Waals surface area contributed by atoms with Crippen LogP contribution in [0.1, 0.15) is 31.7 Å². The van der Waals surface area contributed by atoms with Crippen molar-refractivity contribution >= 4 is 11.7 Å². The van der Waals surface area contributed by atoms with Gasteiger partial charge in [-0.05, 0) is 54.7 Å². The van der Waals surface area contributed by atoms with Crippen molar-refractivity contribution < 1.29 is 9.53 Å². The van der Waals surface area contributed by atoms with Gasteiger partial charge in [0.1, 0.15) is 0 Å². The molecule has 6 rings (SSSR count). The Morgan fingerprint density at radius 1 is 1.36 bits per heavy atom. The van der Waals surface area contributed by atoms with E-state index in [1.165, 1.54) is 37.2 Å². The van der Waals surface area contributed by atoms with Gasteiger partial charge in [0, 0.05) is 23.7 Å². The summed E-state index contributed by atoms with van der Waals surface area (Å²) in [6.45, 7) is 4.91. The number of hydrogen-bond acceptors (Lipinski definition) is 4. The van der Waals surface area contributed by atoms with E-state index in [4.69, 9.17) is 4.74 Å². The van der Waals surface area contributed by atoms with Crippen LogP contribution < -0.4 is 5.32 Å². The van der Waals surface area contributed by atoms with Gasteiger partial charge in [-0.2, -0.15) is 0 Å². The summed E-state index contributed by atoms with van der Waals surface area (Å²) in [4.78, 5) is 15.6. The standard InChI is InChI=1S/C21H26N2O2/c1-12-15-11-23-9-5-8-20(12)10-13(18(24)25-2)17-21(15,19(20)23)14-6-3-4-7-16(14)22-17/h3-4,6-7,12-13,15,17,19,22H,5,8-11H2,1-2H3/t12-,13-,15+,17+,19-,20+,21+/m1/s1. The monoisotopic (exact) mass is 338 g/mol. The van der Waals surface area contributed by atoms with Gasteiger partial charge in [0.25, 0.3) is 0 Å². The highest BCUT2D eigenvalue weighted by Crippen LogP contribution is 2.75. The molecule has 2 saturated carbocycles. The lowest BCUT2D eigenvalue weighted by molar-refractivity contribution is -0.152. The van der Waals surface area contributed by atoms with Gasteiger partial charge >= 0.3 is 5.97 Å². The van der Waals surface area contributed by atoms with E-state index in [2.05, 4.69) is 41.4 Å². The van der Waals surface area contributed by atoms with Gasteiger partial charge in [-0.1, -0.05) is 25.1 Å². The lowest BCUT2D eigenvalue weighted by Crippen LogP contribution is -2.65. The molecule has 5 aliphatic rings. The van der Waals surface area contributed by atoms with Crippen molar-refractivity contribution in [1.82, 2.24) is 4.90 Å². The number of piperidine rings is 2. The summed E-state index contributed by atoms with van der Waals surface area (Å²) in [5.41, 5.74) is 3.11. The Hall–Kier alpha value is -1.55. The average Bonchev–Trinajstić information content (AvgIpc) is 3.22. The summed E-state index contributed by atoms with van der Waals surface area (Å²) < 4.78 is 5.29. The highest BCUT2D eigenvalue weighted by molar-refractivity contribution is 5.78. The van der Waals surface area contributed by atoms with E-state index in [-0.39, 0.29) is 28.8 Å². The molecule has 2 saturated heterocycles. The van der Waals surface area contributed by atoms with Crippen molar-refractivity contribution in [2.24, 2.45) is 23.2 Å². The predicted octanol–water partition coefficient (Wildman–Crippen LogP) is 2.64. The SMILES string of the molecule is COC(=O)[C@@H]1C[C@@]23CCCN4C[C@@H]([C@H]2C)[C@]2(c5ccccc5N[C@@H]12)[C@H]43. The summed E-state index contributed by atoms with van der Waals surface area (Å²) in [7, 11) is 1.55. The molecular formula is C21H26N2O2. The van der Waals surface area contributed by atoms with E-state index in [1.54, 1.807) is 7.11 Å². The number of hydrogen-bond donors (Lipinski definition) is 1. The lowest BCUT2D eigenvalue weighted by atomic mass is 9.54. The Bertz CT molecular complexity index is 779. The normalized spacial score (nSPS) is 48.6. The van der Waals surface area contributed by atoms with Crippen LogP contribution in [0, 0.1) is 23.2 Å². The molecule has 4 fully saturated rings. The molecule has 3 aliphatic heterocycles. The van der Waals surface area contributed by atoms with Crippen LogP contribution in [-0.2, 0) is 14.9 Å². The van der Waals surface area contributed by atoms with Crippen LogP contribution in [0.3, 0.4) is 0 Å². The summed E-state index contributed by atoms with van der Waals surface area (Å²) in [5, 5.41) is 3.80. The molecule has 132 valence electrons. The summed E-state index contributed by atoms with van der Waals surface area (Å²) in [6.07, 6.45) is 3.54. The smallest absolute Gasteiger partial charge is 0.310 e. The van der Waals surface area contributed by atoms with Crippen LogP contribution in [0.4, 0.5) is 5.69 Å². The first-order valence-electron chi connectivity index (χ1n) is 9.82. The molecule has 1 N–H and O–H groups in total. The molecule has 4 bridgehead atoms. The van der Waals surface area contributed by atoms with Crippen LogP contribution in [0.5, 0.6) is 0 Å². The fourth-order valence-corrected chi connectivity index (χ4v) is 8.19. The second-order valence-corrected chi connectivity index (χ2v) is 9.06. The molecular weight excluding hydrogens is 312 g/mol. The molecule has 25 heavy (non-hydrogen) atoms. The number of anilines is 1. The molecule has 4 nitrogen and oxygen atoms in total. The zero-order valence-corrected chi connectivity index (χ0v) is 15.0. The molecule has 3 heterocycles. The lowest BCUT2D eigenvalue weighted by Gasteiger charge is -2.57. The van der Waals surface area contributed by atoms with Gasteiger partial charge in [-0.15, -0.1) is 0 Å². The van der Waals surface area contributed by atoms with E-state index in [0.717, 1.165) is 6.42 Å². The summed E-state index contributed by atoms with van der Waals surface area (Å²) in [6, 6.07) is 9.61. The highest BCUT2D eigenvalue weighted by atomic mass is 16.5. The van der Waals surface area contributed by atoms with E-state index >= 15 is 0 Å². The van der Waals surface area contributed by atoms with E-state index in [1.807, 2.05) is 0 Å². The average molecular weight is 338 g/mol. The second-order valence-electron chi connectivity index (χ2n) is 9.06. The Labute approximate surface area is 148 Å². The Kier molecular flexibility index (Phi) is 2.57. The molecule has 2 aliphatic carbocycles. The molecule has 0 radical (unpaired) electrons. The van der Waals surface area contributed by atoms with Gasteiger partial charge < -0.3 is 10.1 Å². The van der Waals surface area contributed by atoms with E-state index < -0.39 is 0 Å². The number of methoxy groups -OCH3 is 1. The van der Waals surface area contributed by atoms with Crippen molar-refractivity contribution in [2.45, 2.75) is 43.7 Å². The van der Waals surface area contributed by atoms with Crippen LogP contribution in [0.15, 0.2) is 24.3 Å². The molecule has 1 aromatic rings. The zero-order valence-electron chi connectivity index (χ0n) is 15.0. The molecule has 1 aromatic carbocycles. The number of nitrogens with zero attached hydrogens (tertiary/aromatic N) is 1. The number of esters is 1.